The van der Waals surface area contributed by atoms with Crippen molar-refractivity contribution in [1.82, 2.24) is 9.44 Å². The van der Waals surface area contributed by atoms with E-state index in [0.29, 0.717) is 0 Å². The van der Waals surface area contributed by atoms with Gasteiger partial charge in [0.15, 0.2) is 0 Å². The van der Waals surface area contributed by atoms with E-state index in [-0.39, 0.29) is 43.0 Å². The van der Waals surface area contributed by atoms with E-state index in [9.17, 15) is 25.3 Å². The van der Waals surface area contributed by atoms with Gasteiger partial charge in [-0.15, -0.1) is 0 Å². The minimum Gasteiger partial charge on any atom is -0.353 e. The van der Waals surface area contributed by atoms with E-state index in [1.54, 1.807) is 0 Å². The zero-order valence-electron chi connectivity index (χ0n) is 15.6. The van der Waals surface area contributed by atoms with Crippen molar-refractivity contribution in [3.8, 4) is 0 Å². The lowest BCUT2D eigenvalue weighted by Crippen LogP contribution is -2.27. The molecule has 160 valence electrons. The quantitative estimate of drug-likeness (QED) is 0.497. The number of anilines is 2. The molecule has 2 saturated carbocycles. The van der Waals surface area contributed by atoms with Gasteiger partial charge in [-0.3, -0.25) is 0 Å². The van der Waals surface area contributed by atoms with Gasteiger partial charge in [0, 0.05) is 12.1 Å². The fraction of sp³-hybridized carbons (Fsp3) is 0.333. The number of sulfone groups is 1. The molecule has 9 nitrogen and oxygen atoms in total. The maximum absolute atomic E-state index is 13.3. The average Bonchev–Trinajstić information content (AvgIpc) is 3.59. The topological polar surface area (TPSA) is 139 Å². The summed E-state index contributed by atoms with van der Waals surface area (Å²) in [6, 6.07) is 7.46. The van der Waals surface area contributed by atoms with Crippen LogP contribution in [0.3, 0.4) is 0 Å². The summed E-state index contributed by atoms with van der Waals surface area (Å²) in [5, 5.41) is 2.95. The Hall–Kier alpha value is -1.99. The third-order valence-corrected chi connectivity index (χ3v) is 10.0. The predicted molar refractivity (Wildman–Crippen MR) is 108 cm³/mol. The summed E-state index contributed by atoms with van der Waals surface area (Å²) in [5.74, 6) is 0. The SMILES string of the molecule is O=S(=O)(NC1CC1)c1ccc2c(c1)S(=O)(=O)c1cc(S(=O)(=O)NC3CC3)ccc1N2. The Labute approximate surface area is 174 Å². The van der Waals surface area contributed by atoms with E-state index in [1.165, 1.54) is 24.3 Å². The molecule has 30 heavy (non-hydrogen) atoms. The minimum atomic E-state index is -4.14. The first-order valence-corrected chi connectivity index (χ1v) is 13.9. The second-order valence-electron chi connectivity index (χ2n) is 7.74. The first-order valence-electron chi connectivity index (χ1n) is 9.41. The Kier molecular flexibility index (Phi) is 4.32. The van der Waals surface area contributed by atoms with Crippen LogP contribution < -0.4 is 14.8 Å². The van der Waals surface area contributed by atoms with Gasteiger partial charge in [0.1, 0.15) is 0 Å². The van der Waals surface area contributed by atoms with Crippen LogP contribution in [0.2, 0.25) is 0 Å². The van der Waals surface area contributed by atoms with Gasteiger partial charge < -0.3 is 5.32 Å². The molecule has 0 bridgehead atoms. The standard InChI is InChI=1S/C18H19N3O6S3/c22-28(23)17-9-13(29(24,25)20-11-1-2-11)5-7-15(17)19-16-8-6-14(10-18(16)28)30(26,27)21-12-3-4-12/h5-12,19-21H,1-4H2. The number of sulfonamides is 2. The monoisotopic (exact) mass is 469 g/mol. The summed E-state index contributed by atoms with van der Waals surface area (Å²) in [6.07, 6.45) is 3.01. The maximum atomic E-state index is 13.3. The molecule has 0 unspecified atom stereocenters. The molecule has 3 aliphatic rings. The van der Waals surface area contributed by atoms with Crippen LogP contribution in [-0.2, 0) is 29.9 Å². The molecule has 2 fully saturated rings. The third-order valence-electron chi connectivity index (χ3n) is 5.17. The van der Waals surface area contributed by atoms with E-state index >= 15 is 0 Å². The van der Waals surface area contributed by atoms with Crippen molar-refractivity contribution in [3.63, 3.8) is 0 Å². The highest BCUT2D eigenvalue weighted by atomic mass is 32.2. The van der Waals surface area contributed by atoms with Crippen molar-refractivity contribution in [2.45, 2.75) is 57.3 Å². The molecule has 0 amide bonds. The van der Waals surface area contributed by atoms with Crippen LogP contribution in [0.25, 0.3) is 0 Å². The van der Waals surface area contributed by atoms with Crippen LogP contribution in [-0.4, -0.2) is 37.3 Å². The lowest BCUT2D eigenvalue weighted by Gasteiger charge is -2.23. The molecule has 0 saturated heterocycles. The summed E-state index contributed by atoms with van der Waals surface area (Å²) in [6.45, 7) is 0. The van der Waals surface area contributed by atoms with Crippen LogP contribution >= 0.6 is 0 Å². The molecule has 2 aliphatic carbocycles. The normalized spacial score (nSPS) is 20.1. The van der Waals surface area contributed by atoms with Crippen molar-refractivity contribution in [1.29, 1.82) is 0 Å². The first kappa shape index (κ1) is 19.9. The molecule has 3 N–H and O–H groups in total. The Morgan fingerprint density at radius 3 is 1.50 bits per heavy atom. The number of hydrogen-bond acceptors (Lipinski definition) is 7. The molecule has 2 aromatic rings. The highest BCUT2D eigenvalue weighted by molar-refractivity contribution is 7.92. The highest BCUT2D eigenvalue weighted by Crippen LogP contribution is 2.41. The van der Waals surface area contributed by atoms with Gasteiger partial charge in [-0.2, -0.15) is 0 Å². The fourth-order valence-corrected chi connectivity index (χ4v) is 7.66. The van der Waals surface area contributed by atoms with Gasteiger partial charge in [-0.05, 0) is 62.1 Å². The average molecular weight is 470 g/mol. The van der Waals surface area contributed by atoms with Crippen LogP contribution in [0.4, 0.5) is 11.4 Å². The van der Waals surface area contributed by atoms with Crippen molar-refractivity contribution >= 4 is 41.3 Å². The molecule has 5 rings (SSSR count). The third kappa shape index (κ3) is 3.52. The van der Waals surface area contributed by atoms with E-state index in [0.717, 1.165) is 37.8 Å². The van der Waals surface area contributed by atoms with Gasteiger partial charge in [0.05, 0.1) is 31.0 Å². The van der Waals surface area contributed by atoms with Gasteiger partial charge in [-0.1, -0.05) is 0 Å². The Morgan fingerprint density at radius 1 is 0.733 bits per heavy atom. The summed E-state index contributed by atoms with van der Waals surface area (Å²) in [5.41, 5.74) is 0.471. The van der Waals surface area contributed by atoms with Crippen molar-refractivity contribution in [3.05, 3.63) is 36.4 Å². The van der Waals surface area contributed by atoms with Gasteiger partial charge >= 0.3 is 0 Å². The van der Waals surface area contributed by atoms with Crippen LogP contribution in [0.1, 0.15) is 25.7 Å². The molecule has 0 spiro atoms. The van der Waals surface area contributed by atoms with Gasteiger partial charge in [-0.25, -0.2) is 34.7 Å². The molecule has 0 radical (unpaired) electrons. The number of nitrogens with one attached hydrogen (secondary N) is 3. The molecule has 2 aromatic carbocycles. The van der Waals surface area contributed by atoms with Crippen molar-refractivity contribution in [2.24, 2.45) is 0 Å². The number of rotatable bonds is 6. The lowest BCUT2D eigenvalue weighted by molar-refractivity contribution is 0.579. The number of fused-ring (bicyclic) bond motifs is 2. The highest BCUT2D eigenvalue weighted by Gasteiger charge is 2.35. The number of benzene rings is 2. The fourth-order valence-electron chi connectivity index (χ4n) is 3.23. The molecular formula is C18H19N3O6S3. The first-order chi connectivity index (χ1) is 14.1. The zero-order chi connectivity index (χ0) is 21.3. The molecular weight excluding hydrogens is 450 g/mol. The van der Waals surface area contributed by atoms with E-state index in [2.05, 4.69) is 14.8 Å². The number of hydrogen-bond donors (Lipinski definition) is 3. The summed E-state index contributed by atoms with van der Waals surface area (Å²) in [7, 11) is -11.8. The second-order valence-corrected chi connectivity index (χ2v) is 13.0. The van der Waals surface area contributed by atoms with Crippen molar-refractivity contribution in [2.75, 3.05) is 5.32 Å². The predicted octanol–water partition coefficient (Wildman–Crippen LogP) is 1.46. The van der Waals surface area contributed by atoms with E-state index < -0.39 is 29.9 Å². The molecule has 1 heterocycles. The maximum Gasteiger partial charge on any atom is 0.240 e. The summed E-state index contributed by atoms with van der Waals surface area (Å²) >= 11 is 0. The van der Waals surface area contributed by atoms with Crippen LogP contribution in [0.5, 0.6) is 0 Å². The van der Waals surface area contributed by atoms with E-state index in [1.807, 2.05) is 0 Å². The summed E-state index contributed by atoms with van der Waals surface area (Å²) < 4.78 is 81.6. The molecule has 0 aromatic heterocycles. The lowest BCUT2D eigenvalue weighted by atomic mass is 10.2. The Balaban J connectivity index is 1.57. The Bertz CT molecular complexity index is 1280. The smallest absolute Gasteiger partial charge is 0.240 e. The van der Waals surface area contributed by atoms with Crippen molar-refractivity contribution < 1.29 is 25.3 Å². The van der Waals surface area contributed by atoms with E-state index in [4.69, 9.17) is 0 Å². The Morgan fingerprint density at radius 2 is 1.13 bits per heavy atom. The minimum absolute atomic E-state index is 0.117. The molecule has 0 atom stereocenters. The second kappa shape index (κ2) is 6.50. The van der Waals surface area contributed by atoms with Crippen LogP contribution in [0, 0.1) is 0 Å². The summed E-state index contributed by atoms with van der Waals surface area (Å²) in [4.78, 5) is -0.723. The molecule has 12 heteroatoms. The van der Waals surface area contributed by atoms with Gasteiger partial charge in [0.2, 0.25) is 29.9 Å². The van der Waals surface area contributed by atoms with Crippen LogP contribution in [0.15, 0.2) is 56.0 Å². The van der Waals surface area contributed by atoms with Gasteiger partial charge in [0.25, 0.3) is 0 Å². The molecule has 1 aliphatic heterocycles. The zero-order valence-corrected chi connectivity index (χ0v) is 18.1. The largest absolute Gasteiger partial charge is 0.353 e.